The predicted molar refractivity (Wildman–Crippen MR) is 102 cm³/mol. The number of fused-ring (bicyclic) bond motifs is 1. The Labute approximate surface area is 159 Å². The molecule has 1 aliphatic rings. The highest BCUT2D eigenvalue weighted by Crippen LogP contribution is 2.36. The minimum absolute atomic E-state index is 0.225. The number of amides is 1. The highest BCUT2D eigenvalue weighted by atomic mass is 32.1. The summed E-state index contributed by atoms with van der Waals surface area (Å²) in [5.41, 5.74) is 3.06. The van der Waals surface area contributed by atoms with E-state index in [0.29, 0.717) is 16.4 Å². The number of ether oxygens (including phenoxy) is 2. The van der Waals surface area contributed by atoms with Gasteiger partial charge in [-0.1, -0.05) is 12.1 Å². The number of rotatable bonds is 4. The van der Waals surface area contributed by atoms with Gasteiger partial charge in [-0.25, -0.2) is 4.98 Å². The number of anilines is 1. The van der Waals surface area contributed by atoms with E-state index in [1.165, 1.54) is 17.4 Å². The summed E-state index contributed by atoms with van der Waals surface area (Å²) in [5.74, 6) is 1.14. The van der Waals surface area contributed by atoms with Crippen LogP contribution in [-0.4, -0.2) is 17.7 Å². The zero-order chi connectivity index (χ0) is 18.6. The number of thiazole rings is 1. The molecule has 2 heterocycles. The van der Waals surface area contributed by atoms with Gasteiger partial charge in [0.2, 0.25) is 12.7 Å². The van der Waals surface area contributed by atoms with Crippen LogP contribution in [0.1, 0.15) is 11.1 Å². The minimum Gasteiger partial charge on any atom is -0.454 e. The number of nitrogens with zero attached hydrogens (tertiary/aromatic N) is 2. The van der Waals surface area contributed by atoms with Crippen LogP contribution in [0.3, 0.4) is 0 Å². The first-order chi connectivity index (χ1) is 13.2. The summed E-state index contributed by atoms with van der Waals surface area (Å²) in [4.78, 5) is 16.5. The molecular formula is C20H13N3O3S. The second-order valence-corrected chi connectivity index (χ2v) is 6.52. The summed E-state index contributed by atoms with van der Waals surface area (Å²) in [6.07, 6.45) is 3.12. The molecule has 0 saturated heterocycles. The number of hydrogen-bond acceptors (Lipinski definition) is 6. The van der Waals surface area contributed by atoms with E-state index >= 15 is 0 Å². The van der Waals surface area contributed by atoms with E-state index in [-0.39, 0.29) is 12.7 Å². The molecular weight excluding hydrogens is 362 g/mol. The van der Waals surface area contributed by atoms with Crippen molar-refractivity contribution in [2.24, 2.45) is 0 Å². The SMILES string of the molecule is N#Cc1ccc(/C=C/C(=O)Nc2nc(-c3ccc4c(c3)OCO4)cs2)cc1. The highest BCUT2D eigenvalue weighted by Gasteiger charge is 2.15. The van der Waals surface area contributed by atoms with Crippen LogP contribution in [0.4, 0.5) is 5.13 Å². The van der Waals surface area contributed by atoms with Crippen LogP contribution in [0.15, 0.2) is 53.9 Å². The molecule has 0 saturated carbocycles. The summed E-state index contributed by atoms with van der Waals surface area (Å²) in [5, 5.41) is 13.9. The monoisotopic (exact) mass is 375 g/mol. The number of benzene rings is 2. The molecule has 0 atom stereocenters. The molecule has 27 heavy (non-hydrogen) atoms. The molecule has 7 heteroatoms. The Morgan fingerprint density at radius 2 is 2.00 bits per heavy atom. The number of aromatic nitrogens is 1. The molecule has 1 aromatic heterocycles. The lowest BCUT2D eigenvalue weighted by molar-refractivity contribution is -0.111. The predicted octanol–water partition coefficient (Wildman–Crippen LogP) is 4.06. The van der Waals surface area contributed by atoms with E-state index in [9.17, 15) is 4.79 Å². The summed E-state index contributed by atoms with van der Waals surface area (Å²) in [6.45, 7) is 0.225. The Hall–Kier alpha value is -3.63. The number of hydrogen-bond donors (Lipinski definition) is 1. The Kier molecular flexibility index (Phi) is 4.56. The number of carbonyl (C=O) groups is 1. The third kappa shape index (κ3) is 3.81. The number of nitriles is 1. The van der Waals surface area contributed by atoms with Crippen molar-refractivity contribution in [3.05, 3.63) is 65.0 Å². The Balaban J connectivity index is 1.42. The van der Waals surface area contributed by atoms with Crippen molar-refractivity contribution in [1.82, 2.24) is 4.98 Å². The third-order valence-corrected chi connectivity index (χ3v) is 4.63. The fourth-order valence-electron chi connectivity index (χ4n) is 2.51. The zero-order valence-electron chi connectivity index (χ0n) is 14.0. The lowest BCUT2D eigenvalue weighted by Gasteiger charge is -2.00. The average Bonchev–Trinajstić information content (AvgIpc) is 3.35. The highest BCUT2D eigenvalue weighted by molar-refractivity contribution is 7.14. The van der Waals surface area contributed by atoms with Crippen LogP contribution in [-0.2, 0) is 4.79 Å². The van der Waals surface area contributed by atoms with Crippen molar-refractivity contribution in [1.29, 1.82) is 5.26 Å². The maximum Gasteiger partial charge on any atom is 0.250 e. The smallest absolute Gasteiger partial charge is 0.250 e. The summed E-state index contributed by atoms with van der Waals surface area (Å²) in [7, 11) is 0. The first-order valence-corrected chi connectivity index (χ1v) is 8.94. The molecule has 1 aliphatic heterocycles. The van der Waals surface area contributed by atoms with Crippen LogP contribution in [0, 0.1) is 11.3 Å². The minimum atomic E-state index is -0.272. The van der Waals surface area contributed by atoms with Gasteiger partial charge < -0.3 is 9.47 Å². The van der Waals surface area contributed by atoms with Gasteiger partial charge in [0.05, 0.1) is 17.3 Å². The largest absolute Gasteiger partial charge is 0.454 e. The first-order valence-electron chi connectivity index (χ1n) is 8.06. The molecule has 0 spiro atoms. The van der Waals surface area contributed by atoms with Gasteiger partial charge >= 0.3 is 0 Å². The molecule has 1 N–H and O–H groups in total. The Bertz CT molecular complexity index is 1060. The van der Waals surface area contributed by atoms with Crippen molar-refractivity contribution < 1.29 is 14.3 Å². The Morgan fingerprint density at radius 1 is 1.19 bits per heavy atom. The van der Waals surface area contributed by atoms with E-state index in [0.717, 1.165) is 22.6 Å². The van der Waals surface area contributed by atoms with E-state index in [4.69, 9.17) is 14.7 Å². The van der Waals surface area contributed by atoms with Gasteiger partial charge in [-0.05, 0) is 42.0 Å². The van der Waals surface area contributed by atoms with E-state index in [2.05, 4.69) is 16.4 Å². The second-order valence-electron chi connectivity index (χ2n) is 5.66. The van der Waals surface area contributed by atoms with Gasteiger partial charge in [0, 0.05) is 17.0 Å². The van der Waals surface area contributed by atoms with Crippen LogP contribution in [0.5, 0.6) is 11.5 Å². The van der Waals surface area contributed by atoms with Gasteiger partial charge in [0.1, 0.15) is 0 Å². The molecule has 0 aliphatic carbocycles. The average molecular weight is 375 g/mol. The van der Waals surface area contributed by atoms with E-state index < -0.39 is 0 Å². The van der Waals surface area contributed by atoms with Crippen LogP contribution in [0.2, 0.25) is 0 Å². The summed E-state index contributed by atoms with van der Waals surface area (Å²) < 4.78 is 10.7. The quantitative estimate of drug-likeness (QED) is 0.695. The normalized spacial score (nSPS) is 12.1. The van der Waals surface area contributed by atoms with Gasteiger partial charge in [0.25, 0.3) is 0 Å². The van der Waals surface area contributed by atoms with Crippen LogP contribution >= 0.6 is 11.3 Å². The molecule has 2 aromatic carbocycles. The van der Waals surface area contributed by atoms with Gasteiger partial charge in [0.15, 0.2) is 16.6 Å². The summed E-state index contributed by atoms with van der Waals surface area (Å²) >= 11 is 1.35. The second kappa shape index (κ2) is 7.32. The molecule has 0 bridgehead atoms. The lowest BCUT2D eigenvalue weighted by atomic mass is 10.1. The fourth-order valence-corrected chi connectivity index (χ4v) is 3.23. The lowest BCUT2D eigenvalue weighted by Crippen LogP contribution is -2.07. The van der Waals surface area contributed by atoms with E-state index in [1.807, 2.05) is 23.6 Å². The van der Waals surface area contributed by atoms with Crippen molar-refractivity contribution in [2.75, 3.05) is 12.1 Å². The molecule has 132 valence electrons. The van der Waals surface area contributed by atoms with Gasteiger partial charge in [-0.15, -0.1) is 11.3 Å². The molecule has 1 amide bonds. The fraction of sp³-hybridized carbons (Fsp3) is 0.0500. The number of nitrogens with one attached hydrogen (secondary N) is 1. The van der Waals surface area contributed by atoms with Crippen LogP contribution in [0.25, 0.3) is 17.3 Å². The maximum absolute atomic E-state index is 12.1. The van der Waals surface area contributed by atoms with Crippen LogP contribution < -0.4 is 14.8 Å². The molecule has 6 nitrogen and oxygen atoms in total. The van der Waals surface area contributed by atoms with Gasteiger partial charge in [-0.2, -0.15) is 5.26 Å². The van der Waals surface area contributed by atoms with Crippen molar-refractivity contribution in [2.45, 2.75) is 0 Å². The standard InChI is InChI=1S/C20H13N3O3S/c21-10-14-3-1-13(2-4-14)5-8-19(24)23-20-22-16(11-27-20)15-6-7-17-18(9-15)26-12-25-17/h1-9,11H,12H2,(H,22,23,24)/b8-5+. The maximum atomic E-state index is 12.1. The molecule has 3 aromatic rings. The zero-order valence-corrected chi connectivity index (χ0v) is 14.8. The third-order valence-electron chi connectivity index (χ3n) is 3.87. The van der Waals surface area contributed by atoms with Crippen molar-refractivity contribution in [3.8, 4) is 28.8 Å². The Morgan fingerprint density at radius 3 is 2.81 bits per heavy atom. The topological polar surface area (TPSA) is 84.2 Å². The molecule has 4 rings (SSSR count). The van der Waals surface area contributed by atoms with Gasteiger partial charge in [-0.3, -0.25) is 10.1 Å². The van der Waals surface area contributed by atoms with Crippen molar-refractivity contribution >= 4 is 28.5 Å². The molecule has 0 radical (unpaired) electrons. The molecule has 0 fully saturated rings. The van der Waals surface area contributed by atoms with Crippen molar-refractivity contribution in [3.63, 3.8) is 0 Å². The van der Waals surface area contributed by atoms with E-state index in [1.54, 1.807) is 30.3 Å². The number of carbonyl (C=O) groups excluding carboxylic acids is 1. The summed E-state index contributed by atoms with van der Waals surface area (Å²) in [6, 6.07) is 14.6. The first kappa shape index (κ1) is 16.8. The molecule has 0 unspecified atom stereocenters.